The molecule has 0 spiro atoms. The highest BCUT2D eigenvalue weighted by Gasteiger charge is 2.30. The zero-order valence-electron chi connectivity index (χ0n) is 53.0. The van der Waals surface area contributed by atoms with Crippen LogP contribution in [-0.4, -0.2) is 115 Å². The molecule has 2 saturated heterocycles. The van der Waals surface area contributed by atoms with Gasteiger partial charge in [-0.05, 0) is 113 Å². The van der Waals surface area contributed by atoms with Crippen LogP contribution < -0.4 is 45.5 Å². The van der Waals surface area contributed by atoms with Crippen LogP contribution in [0.15, 0.2) is 109 Å². The summed E-state index contributed by atoms with van der Waals surface area (Å²) in [5.41, 5.74) is 14.5. The summed E-state index contributed by atoms with van der Waals surface area (Å²) in [5.74, 6) is 2.69. The van der Waals surface area contributed by atoms with Crippen LogP contribution in [0.2, 0.25) is 20.1 Å². The SMILES string of the molecule is COc1cc(-c2nccc(-c3cccc(-c4ccc(CNC[C@@H]5CCC(=O)N5)c(OC)n4)c3Cl)c2Cl)cc2c1CN(C(=O)OC(C)(C)C)CC2.COc1cc(-c2nccc(-c3cccc(-c4ccc(CNC[C@@H]5CCC(=O)N5)c(OC)n4)c3Cl)c2Cl)cc2c1CNCC2. The van der Waals surface area contributed by atoms with E-state index in [9.17, 15) is 14.4 Å². The second-order valence-electron chi connectivity index (χ2n) is 24.2. The third-order valence-electron chi connectivity index (χ3n) is 16.9. The van der Waals surface area contributed by atoms with Gasteiger partial charge in [0, 0.05) is 143 Å². The zero-order chi connectivity index (χ0) is 65.5. The van der Waals surface area contributed by atoms with Crippen molar-refractivity contribution in [2.24, 2.45) is 0 Å². The normalized spacial score (nSPS) is 15.9. The van der Waals surface area contributed by atoms with Crippen LogP contribution in [0.3, 0.4) is 0 Å². The van der Waals surface area contributed by atoms with E-state index in [1.165, 1.54) is 11.1 Å². The minimum absolute atomic E-state index is 0.0946. The van der Waals surface area contributed by atoms with Crippen molar-refractivity contribution >= 4 is 64.3 Å². The monoisotopic (exact) mass is 1330 g/mol. The third-order valence-corrected chi connectivity index (χ3v) is 18.4. The number of ether oxygens (including phenoxy) is 5. The molecule has 8 aromatic rings. The number of hydrogen-bond acceptors (Lipinski definition) is 15. The van der Waals surface area contributed by atoms with Crippen molar-refractivity contribution in [3.63, 3.8) is 0 Å². The van der Waals surface area contributed by atoms with E-state index < -0.39 is 5.60 Å². The fourth-order valence-electron chi connectivity index (χ4n) is 12.2. The maximum absolute atomic E-state index is 12.8. The van der Waals surface area contributed by atoms with Crippen molar-refractivity contribution in [3.05, 3.63) is 163 Å². The van der Waals surface area contributed by atoms with E-state index in [0.717, 1.165) is 105 Å². The molecule has 3 amide bonds. The lowest BCUT2D eigenvalue weighted by Crippen LogP contribution is -2.40. The number of nitrogens with one attached hydrogen (secondary N) is 5. The Hall–Kier alpha value is -8.07. The van der Waals surface area contributed by atoms with Crippen molar-refractivity contribution < 1.29 is 38.1 Å². The van der Waals surface area contributed by atoms with Crippen LogP contribution in [0, 0.1) is 0 Å². The molecule has 4 aromatic heterocycles. The second kappa shape index (κ2) is 29.5. The zero-order valence-corrected chi connectivity index (χ0v) is 56.0. The van der Waals surface area contributed by atoms with E-state index >= 15 is 0 Å². The van der Waals surface area contributed by atoms with Gasteiger partial charge in [-0.25, -0.2) is 14.8 Å². The molecule has 4 aliphatic rings. The molecule has 484 valence electrons. The number of carbonyl (C=O) groups is 3. The smallest absolute Gasteiger partial charge is 0.410 e. The topological polar surface area (TPSA) is 212 Å². The second-order valence-corrected chi connectivity index (χ2v) is 25.7. The van der Waals surface area contributed by atoms with Crippen molar-refractivity contribution in [1.29, 1.82) is 0 Å². The highest BCUT2D eigenvalue weighted by Crippen LogP contribution is 2.46. The number of aromatic nitrogens is 4. The van der Waals surface area contributed by atoms with Crippen molar-refractivity contribution in [2.45, 2.75) is 103 Å². The fourth-order valence-corrected chi connectivity index (χ4v) is 13.5. The van der Waals surface area contributed by atoms with Gasteiger partial charge in [-0.3, -0.25) is 19.6 Å². The van der Waals surface area contributed by atoms with Crippen LogP contribution in [0.1, 0.15) is 79.8 Å². The number of hydrogen-bond donors (Lipinski definition) is 5. The van der Waals surface area contributed by atoms with Crippen LogP contribution in [-0.2, 0) is 53.3 Å². The van der Waals surface area contributed by atoms with E-state index in [-0.39, 0.29) is 30.0 Å². The molecular weight excluding hydrogens is 1260 g/mol. The van der Waals surface area contributed by atoms with Crippen LogP contribution >= 0.6 is 46.4 Å². The van der Waals surface area contributed by atoms with Gasteiger partial charge >= 0.3 is 6.09 Å². The minimum atomic E-state index is -0.579. The molecule has 93 heavy (non-hydrogen) atoms. The minimum Gasteiger partial charge on any atom is -0.496 e. The summed E-state index contributed by atoms with van der Waals surface area (Å²) in [6.07, 6.45) is 7.49. The molecule has 4 aliphatic heterocycles. The van der Waals surface area contributed by atoms with Gasteiger partial charge in [-0.2, -0.15) is 0 Å². The predicted molar refractivity (Wildman–Crippen MR) is 364 cm³/mol. The van der Waals surface area contributed by atoms with E-state index in [0.29, 0.717) is 119 Å². The molecule has 12 rings (SSSR count). The van der Waals surface area contributed by atoms with Crippen molar-refractivity contribution in [2.75, 3.05) is 54.6 Å². The summed E-state index contributed by atoms with van der Waals surface area (Å²) in [7, 11) is 6.50. The van der Waals surface area contributed by atoms with Gasteiger partial charge in [0.1, 0.15) is 17.1 Å². The first kappa shape index (κ1) is 66.4. The first-order valence-corrected chi connectivity index (χ1v) is 32.5. The Morgan fingerprint density at radius 2 is 1.05 bits per heavy atom. The number of carbonyl (C=O) groups excluding carboxylic acids is 3. The van der Waals surface area contributed by atoms with Gasteiger partial charge in [0.2, 0.25) is 23.6 Å². The van der Waals surface area contributed by atoms with Crippen LogP contribution in [0.4, 0.5) is 4.79 Å². The summed E-state index contributed by atoms with van der Waals surface area (Å²) in [4.78, 5) is 56.4. The molecule has 0 saturated carbocycles. The van der Waals surface area contributed by atoms with Gasteiger partial charge in [0.15, 0.2) is 0 Å². The standard InChI is InChI=1S/C38H41Cl2N5O5.C33H33Cl2N5O3/c1-38(2,3)50-37(47)45-16-14-22-17-24(18-31(48-4)29(22)21-45)35-34(40)27(13-15-42-35)26-7-6-8-28(33(26)39)30-11-9-23(36(44-30)49-5)19-41-20-25-10-12-32(46)43-25;1-42-28-15-21(14-19-10-12-36-18-26(19)28)32-31(35)24(11-13-38-32)23-4-3-5-25(30(23)34)27-8-6-20(33(40-27)43-2)16-37-17-22-7-9-29(41)39-22/h6-9,11,13,15,17-18,25,41H,10,12,14,16,19-21H2,1-5H3,(H,43,46);3-6,8,11,13-15,22,36-37H,7,9-10,12,16-18H2,1-2H3,(H,39,41)/t25-;22-/m00/s1. The van der Waals surface area contributed by atoms with E-state index in [2.05, 4.69) is 48.7 Å². The van der Waals surface area contributed by atoms with E-state index in [1.54, 1.807) is 45.7 Å². The number of halogens is 4. The maximum Gasteiger partial charge on any atom is 0.410 e. The number of methoxy groups -OCH3 is 4. The Morgan fingerprint density at radius 1 is 0.581 bits per heavy atom. The molecule has 18 nitrogen and oxygen atoms in total. The number of pyridine rings is 4. The molecule has 5 N–H and O–H groups in total. The Labute approximate surface area is 561 Å². The van der Waals surface area contributed by atoms with Crippen LogP contribution in [0.25, 0.3) is 67.3 Å². The maximum atomic E-state index is 12.8. The van der Waals surface area contributed by atoms with Gasteiger partial charge in [0.05, 0.1) is 77.9 Å². The van der Waals surface area contributed by atoms with E-state index in [4.69, 9.17) is 80.1 Å². The van der Waals surface area contributed by atoms with Gasteiger partial charge in [-0.1, -0.05) is 94.9 Å². The van der Waals surface area contributed by atoms with Crippen LogP contribution in [0.5, 0.6) is 23.3 Å². The Balaban J connectivity index is 0.000000192. The molecule has 0 radical (unpaired) electrons. The molecule has 8 heterocycles. The summed E-state index contributed by atoms with van der Waals surface area (Å²) >= 11 is 28.4. The lowest BCUT2D eigenvalue weighted by atomic mass is 9.94. The lowest BCUT2D eigenvalue weighted by molar-refractivity contribution is -0.120. The Kier molecular flexibility index (Phi) is 21.0. The summed E-state index contributed by atoms with van der Waals surface area (Å²) in [6, 6.07) is 31.6. The van der Waals surface area contributed by atoms with Gasteiger partial charge in [0.25, 0.3) is 0 Å². The highest BCUT2D eigenvalue weighted by molar-refractivity contribution is 6.40. The Morgan fingerprint density at radius 3 is 1.52 bits per heavy atom. The molecule has 2 atom stereocenters. The number of benzene rings is 4. The van der Waals surface area contributed by atoms with Crippen molar-refractivity contribution in [1.82, 2.24) is 51.4 Å². The summed E-state index contributed by atoms with van der Waals surface area (Å²) in [5, 5.41) is 18.1. The average Bonchev–Trinajstić information content (AvgIpc) is 0.990. The first-order valence-electron chi connectivity index (χ1n) is 31.0. The number of fused-ring (bicyclic) bond motifs is 2. The Bertz CT molecular complexity index is 4090. The molecule has 4 aromatic carbocycles. The van der Waals surface area contributed by atoms with E-state index in [1.807, 2.05) is 106 Å². The fraction of sp³-hybridized carbons (Fsp3) is 0.338. The molecule has 22 heteroatoms. The largest absolute Gasteiger partial charge is 0.496 e. The third kappa shape index (κ3) is 15.1. The number of rotatable bonds is 18. The molecule has 0 bridgehead atoms. The average molecular weight is 1340 g/mol. The number of nitrogens with zero attached hydrogens (tertiary/aromatic N) is 5. The quantitative estimate of drug-likeness (QED) is 0.0541. The highest BCUT2D eigenvalue weighted by atomic mass is 35.5. The molecule has 0 unspecified atom stereocenters. The molecule has 2 fully saturated rings. The number of amides is 3. The summed E-state index contributed by atoms with van der Waals surface area (Å²) in [6.45, 7) is 10.6. The van der Waals surface area contributed by atoms with Gasteiger partial charge < -0.3 is 55.2 Å². The van der Waals surface area contributed by atoms with Crippen molar-refractivity contribution in [3.8, 4) is 90.5 Å². The molecular formula is C71H74Cl4N10O8. The molecule has 0 aliphatic carbocycles. The lowest BCUT2D eigenvalue weighted by Gasteiger charge is -2.32. The first-order chi connectivity index (χ1) is 44.9. The predicted octanol–water partition coefficient (Wildman–Crippen LogP) is 13.3. The summed E-state index contributed by atoms with van der Waals surface area (Å²) < 4.78 is 28.4. The van der Waals surface area contributed by atoms with Gasteiger partial charge in [-0.15, -0.1) is 0 Å².